The first-order valence-electron chi connectivity index (χ1n) is 13.5. The van der Waals surface area contributed by atoms with Crippen LogP contribution in [0.15, 0.2) is 47.6 Å². The molecule has 0 aromatic rings. The van der Waals surface area contributed by atoms with Crippen molar-refractivity contribution >= 4 is 0 Å². The summed E-state index contributed by atoms with van der Waals surface area (Å²) in [5, 5.41) is 20.9. The van der Waals surface area contributed by atoms with Crippen LogP contribution in [0.5, 0.6) is 0 Å². The second kappa shape index (κ2) is 10.4. The number of aliphatic hydroxyl groups excluding tert-OH is 2. The molecule has 4 rings (SSSR count). The maximum Gasteiger partial charge on any atom is 0.0787 e. The van der Waals surface area contributed by atoms with Crippen molar-refractivity contribution in [1.29, 1.82) is 0 Å². The van der Waals surface area contributed by atoms with Crippen molar-refractivity contribution < 1.29 is 10.2 Å². The minimum absolute atomic E-state index is 0.255. The van der Waals surface area contributed by atoms with Crippen LogP contribution in [0.3, 0.4) is 0 Å². The van der Waals surface area contributed by atoms with Crippen LogP contribution in [0.2, 0.25) is 0 Å². The molecule has 6 atom stereocenters. The van der Waals surface area contributed by atoms with Gasteiger partial charge in [-0.15, -0.1) is 0 Å². The van der Waals surface area contributed by atoms with Gasteiger partial charge in [0.25, 0.3) is 0 Å². The number of rotatable bonds is 5. The summed E-state index contributed by atoms with van der Waals surface area (Å²) < 4.78 is 0. The molecule has 178 valence electrons. The third kappa shape index (κ3) is 5.02. The van der Waals surface area contributed by atoms with Crippen LogP contribution in [0.1, 0.15) is 97.3 Å². The van der Waals surface area contributed by atoms with Crippen molar-refractivity contribution in [1.82, 2.24) is 0 Å². The van der Waals surface area contributed by atoms with E-state index in [-0.39, 0.29) is 12.2 Å². The van der Waals surface area contributed by atoms with E-state index in [4.69, 9.17) is 0 Å². The molecule has 0 saturated heterocycles. The maximum atomic E-state index is 10.7. The Hall–Kier alpha value is -1.12. The van der Waals surface area contributed by atoms with Crippen molar-refractivity contribution in [3.63, 3.8) is 0 Å². The Labute approximate surface area is 196 Å². The lowest BCUT2D eigenvalue weighted by molar-refractivity contribution is 0.108. The molecule has 0 amide bonds. The van der Waals surface area contributed by atoms with Crippen LogP contribution >= 0.6 is 0 Å². The first kappa shape index (κ1) is 24.0. The average molecular weight is 439 g/mol. The van der Waals surface area contributed by atoms with E-state index in [0.717, 1.165) is 24.8 Å². The fourth-order valence-corrected chi connectivity index (χ4v) is 7.63. The van der Waals surface area contributed by atoms with Crippen molar-refractivity contribution in [2.45, 2.75) is 110 Å². The molecule has 32 heavy (non-hydrogen) atoms. The van der Waals surface area contributed by atoms with E-state index < -0.39 is 0 Å². The monoisotopic (exact) mass is 438 g/mol. The predicted molar refractivity (Wildman–Crippen MR) is 134 cm³/mol. The summed E-state index contributed by atoms with van der Waals surface area (Å²) in [6.45, 7) is 9.08. The predicted octanol–water partition coefficient (Wildman–Crippen LogP) is 7.29. The Morgan fingerprint density at radius 1 is 0.938 bits per heavy atom. The molecule has 4 aliphatic carbocycles. The van der Waals surface area contributed by atoms with Gasteiger partial charge in [0.15, 0.2) is 0 Å². The molecule has 0 heterocycles. The molecule has 4 aliphatic rings. The first-order valence-corrected chi connectivity index (χ1v) is 13.5. The molecule has 2 nitrogen and oxygen atoms in total. The number of allylic oxidation sites excluding steroid dienone is 4. The smallest absolute Gasteiger partial charge is 0.0787 e. The highest BCUT2D eigenvalue weighted by Crippen LogP contribution is 2.59. The molecular weight excluding hydrogens is 392 g/mol. The van der Waals surface area contributed by atoms with Crippen molar-refractivity contribution in [2.24, 2.45) is 29.1 Å². The molecule has 0 aromatic carbocycles. The lowest BCUT2D eigenvalue weighted by Gasteiger charge is -2.44. The third-order valence-corrected chi connectivity index (χ3v) is 9.65. The first-order chi connectivity index (χ1) is 15.4. The normalized spacial score (nSPS) is 39.0. The summed E-state index contributed by atoms with van der Waals surface area (Å²) in [5.74, 6) is 2.38. The van der Waals surface area contributed by atoms with Gasteiger partial charge in [-0.05, 0) is 104 Å². The number of aliphatic hydroxyl groups is 2. The maximum absolute atomic E-state index is 10.7. The summed E-state index contributed by atoms with van der Waals surface area (Å²) in [6, 6.07) is 0. The van der Waals surface area contributed by atoms with E-state index >= 15 is 0 Å². The molecule has 2 heteroatoms. The number of hydrogen-bond acceptors (Lipinski definition) is 2. The lowest BCUT2D eigenvalue weighted by Crippen LogP contribution is -2.35. The van der Waals surface area contributed by atoms with E-state index in [1.54, 1.807) is 5.57 Å². The second-order valence-corrected chi connectivity index (χ2v) is 11.6. The van der Waals surface area contributed by atoms with E-state index in [9.17, 15) is 10.2 Å². The molecule has 0 aromatic heterocycles. The van der Waals surface area contributed by atoms with Gasteiger partial charge >= 0.3 is 0 Å². The zero-order valence-corrected chi connectivity index (χ0v) is 20.6. The zero-order valence-electron chi connectivity index (χ0n) is 20.6. The summed E-state index contributed by atoms with van der Waals surface area (Å²) in [4.78, 5) is 0. The van der Waals surface area contributed by atoms with Gasteiger partial charge in [0.2, 0.25) is 0 Å². The van der Waals surface area contributed by atoms with Gasteiger partial charge in [-0.25, -0.2) is 0 Å². The molecule has 4 saturated carbocycles. The number of fused-ring (bicyclic) bond motifs is 1. The molecule has 0 radical (unpaired) electrons. The van der Waals surface area contributed by atoms with E-state index in [2.05, 4.69) is 44.7 Å². The van der Waals surface area contributed by atoms with Crippen LogP contribution in [0, 0.1) is 29.1 Å². The van der Waals surface area contributed by atoms with Gasteiger partial charge in [-0.1, -0.05) is 69.6 Å². The molecule has 4 fully saturated rings. The molecule has 0 spiro atoms. The zero-order chi connectivity index (χ0) is 22.7. The average Bonchev–Trinajstić information content (AvgIpc) is 3.16. The van der Waals surface area contributed by atoms with Crippen molar-refractivity contribution in [2.75, 3.05) is 0 Å². The highest BCUT2D eigenvalue weighted by Gasteiger charge is 2.50. The topological polar surface area (TPSA) is 40.5 Å². The minimum atomic E-state index is -0.350. The lowest BCUT2D eigenvalue weighted by atomic mass is 9.61. The van der Waals surface area contributed by atoms with Crippen LogP contribution in [-0.2, 0) is 0 Å². The van der Waals surface area contributed by atoms with Gasteiger partial charge in [0.1, 0.15) is 0 Å². The molecule has 0 bridgehead atoms. The standard InChI is InChI=1S/C30H46O2/c1-21(14-19-29(32)25-9-5-4-6-10-25)26-17-18-27-24(12-8-20-30(26,27)3)16-15-23-11-7-13-28(31)22(23)2/h14-16,19,21,25-29,31-32H,2,4-13,17-18,20H2,1,3H3/b19-14+,23-15-,24-16+/t21-,26?,27?,28+,29?,30?/m1/s1. The van der Waals surface area contributed by atoms with Gasteiger partial charge in [-0.3, -0.25) is 0 Å². The highest BCUT2D eigenvalue weighted by atomic mass is 16.3. The Bertz CT molecular complexity index is 753. The fraction of sp³-hybridized carbons (Fsp3) is 0.733. The minimum Gasteiger partial charge on any atom is -0.389 e. The number of hydrogen-bond donors (Lipinski definition) is 2. The molecule has 4 unspecified atom stereocenters. The Balaban J connectivity index is 1.44. The summed E-state index contributed by atoms with van der Waals surface area (Å²) >= 11 is 0. The van der Waals surface area contributed by atoms with E-state index in [1.165, 1.54) is 69.8 Å². The quantitative estimate of drug-likeness (QED) is 0.442. The second-order valence-electron chi connectivity index (χ2n) is 11.6. The van der Waals surface area contributed by atoms with E-state index in [1.807, 2.05) is 0 Å². The largest absolute Gasteiger partial charge is 0.389 e. The van der Waals surface area contributed by atoms with Crippen LogP contribution in [-0.4, -0.2) is 22.4 Å². The molecular formula is C30H46O2. The van der Waals surface area contributed by atoms with Gasteiger partial charge < -0.3 is 10.2 Å². The Morgan fingerprint density at radius 2 is 1.72 bits per heavy atom. The van der Waals surface area contributed by atoms with E-state index in [0.29, 0.717) is 29.1 Å². The van der Waals surface area contributed by atoms with Crippen LogP contribution < -0.4 is 0 Å². The van der Waals surface area contributed by atoms with Gasteiger partial charge in [0.05, 0.1) is 12.2 Å². The van der Waals surface area contributed by atoms with Crippen molar-refractivity contribution in [3.8, 4) is 0 Å². The molecule has 0 aliphatic heterocycles. The van der Waals surface area contributed by atoms with Crippen LogP contribution in [0.4, 0.5) is 0 Å². The summed E-state index contributed by atoms with van der Waals surface area (Å²) in [7, 11) is 0. The van der Waals surface area contributed by atoms with Crippen LogP contribution in [0.25, 0.3) is 0 Å². The van der Waals surface area contributed by atoms with Gasteiger partial charge in [0, 0.05) is 0 Å². The molecule has 2 N–H and O–H groups in total. The highest BCUT2D eigenvalue weighted by molar-refractivity contribution is 5.37. The fourth-order valence-electron chi connectivity index (χ4n) is 7.63. The third-order valence-electron chi connectivity index (χ3n) is 9.65. The Kier molecular flexibility index (Phi) is 7.83. The SMILES string of the molecule is C=C1/C(=C\C=C2/CCCC3(C)C2CCC3[C@H](C)/C=C/C(O)C2CCCCC2)CCC[C@@H]1O. The van der Waals surface area contributed by atoms with Crippen molar-refractivity contribution in [3.05, 3.63) is 47.6 Å². The summed E-state index contributed by atoms with van der Waals surface area (Å²) in [6.07, 6.45) is 24.2. The summed E-state index contributed by atoms with van der Waals surface area (Å²) in [5.41, 5.74) is 4.18. The van der Waals surface area contributed by atoms with Gasteiger partial charge in [-0.2, -0.15) is 0 Å². The Morgan fingerprint density at radius 3 is 2.50 bits per heavy atom.